The van der Waals surface area contributed by atoms with Gasteiger partial charge in [0, 0.05) is 43.2 Å². The number of imidazole rings is 1. The molecule has 0 saturated carbocycles. The number of hydrogen-bond donors (Lipinski definition) is 2. The van der Waals surface area contributed by atoms with Gasteiger partial charge in [-0.2, -0.15) is 0 Å². The van der Waals surface area contributed by atoms with E-state index in [-0.39, 0.29) is 23.4 Å². The molecule has 128 valence electrons. The molecule has 1 saturated heterocycles. The number of amides is 2. The predicted molar refractivity (Wildman–Crippen MR) is 91.1 cm³/mol. The fourth-order valence-corrected chi connectivity index (χ4v) is 3.71. The van der Waals surface area contributed by atoms with Crippen molar-refractivity contribution >= 4 is 23.2 Å². The second kappa shape index (κ2) is 7.04. The number of aromatic nitrogens is 2. The summed E-state index contributed by atoms with van der Waals surface area (Å²) in [6.45, 7) is 3.94. The molecule has 2 aromatic heterocycles. The van der Waals surface area contributed by atoms with Crippen molar-refractivity contribution in [3.63, 3.8) is 0 Å². The van der Waals surface area contributed by atoms with E-state index in [9.17, 15) is 14.4 Å². The minimum atomic E-state index is -0.394. The molecule has 0 bridgehead atoms. The molecular formula is C16H20N4O3S. The molecule has 0 unspecified atom stereocenters. The molecule has 8 heteroatoms. The molecule has 1 atom stereocenters. The van der Waals surface area contributed by atoms with Crippen LogP contribution in [-0.4, -0.2) is 57.8 Å². The summed E-state index contributed by atoms with van der Waals surface area (Å²) in [6, 6.07) is 4.04. The van der Waals surface area contributed by atoms with Gasteiger partial charge in [0.2, 0.25) is 5.91 Å². The van der Waals surface area contributed by atoms with Crippen LogP contribution in [0.3, 0.4) is 0 Å². The van der Waals surface area contributed by atoms with E-state index < -0.39 is 5.69 Å². The van der Waals surface area contributed by atoms with Crippen LogP contribution in [-0.2, 0) is 11.2 Å². The largest absolute Gasteiger partial charge is 0.339 e. The van der Waals surface area contributed by atoms with Crippen molar-refractivity contribution in [3.05, 3.63) is 44.8 Å². The van der Waals surface area contributed by atoms with Gasteiger partial charge >= 0.3 is 5.69 Å². The Morgan fingerprint density at radius 2 is 1.96 bits per heavy atom. The first-order valence-electron chi connectivity index (χ1n) is 7.92. The van der Waals surface area contributed by atoms with Gasteiger partial charge in [-0.3, -0.25) is 9.59 Å². The molecule has 0 aromatic carbocycles. The van der Waals surface area contributed by atoms with Gasteiger partial charge in [-0.25, -0.2) is 4.79 Å². The van der Waals surface area contributed by atoms with Crippen LogP contribution in [0.15, 0.2) is 28.5 Å². The molecular weight excluding hydrogens is 328 g/mol. The van der Waals surface area contributed by atoms with Crippen molar-refractivity contribution in [2.24, 2.45) is 5.92 Å². The molecule has 7 nitrogen and oxygen atoms in total. The van der Waals surface area contributed by atoms with Gasteiger partial charge in [-0.1, -0.05) is 13.0 Å². The Hall–Kier alpha value is -2.35. The summed E-state index contributed by atoms with van der Waals surface area (Å²) in [5.74, 6) is -0.149. The van der Waals surface area contributed by atoms with E-state index in [1.165, 1.54) is 11.1 Å². The molecule has 2 aromatic rings. The topological polar surface area (TPSA) is 89.3 Å². The second-order valence-electron chi connectivity index (χ2n) is 5.96. The summed E-state index contributed by atoms with van der Waals surface area (Å²) in [5, 5.41) is 2.02. The molecule has 1 aliphatic rings. The highest BCUT2D eigenvalue weighted by molar-refractivity contribution is 7.09. The van der Waals surface area contributed by atoms with E-state index in [4.69, 9.17) is 0 Å². The highest BCUT2D eigenvalue weighted by Gasteiger charge is 2.28. The van der Waals surface area contributed by atoms with Crippen LogP contribution in [0.5, 0.6) is 0 Å². The van der Waals surface area contributed by atoms with Crippen LogP contribution in [0.4, 0.5) is 0 Å². The number of nitrogens with one attached hydrogen (secondary N) is 2. The average Bonchev–Trinajstić information content (AvgIpc) is 3.25. The highest BCUT2D eigenvalue weighted by atomic mass is 32.1. The lowest BCUT2D eigenvalue weighted by molar-refractivity contribution is -0.136. The van der Waals surface area contributed by atoms with Crippen LogP contribution in [0, 0.1) is 5.92 Å². The van der Waals surface area contributed by atoms with Crippen molar-refractivity contribution in [2.45, 2.75) is 13.3 Å². The van der Waals surface area contributed by atoms with E-state index in [1.54, 1.807) is 16.2 Å². The summed E-state index contributed by atoms with van der Waals surface area (Å²) in [5.41, 5.74) is -0.139. The molecule has 3 heterocycles. The lowest BCUT2D eigenvalue weighted by atomic mass is 10.0. The summed E-state index contributed by atoms with van der Waals surface area (Å²) >= 11 is 1.66. The van der Waals surface area contributed by atoms with Crippen LogP contribution in [0.25, 0.3) is 0 Å². The molecule has 1 fully saturated rings. The van der Waals surface area contributed by atoms with E-state index in [0.717, 1.165) is 6.42 Å². The van der Waals surface area contributed by atoms with E-state index in [1.807, 2.05) is 29.3 Å². The number of carbonyl (C=O) groups is 2. The number of piperazine rings is 1. The minimum Gasteiger partial charge on any atom is -0.339 e. The molecule has 24 heavy (non-hydrogen) atoms. The Kier molecular flexibility index (Phi) is 4.84. The van der Waals surface area contributed by atoms with Crippen LogP contribution >= 0.6 is 11.3 Å². The quantitative estimate of drug-likeness (QED) is 0.861. The van der Waals surface area contributed by atoms with Crippen molar-refractivity contribution in [1.82, 2.24) is 19.8 Å². The summed E-state index contributed by atoms with van der Waals surface area (Å²) in [4.78, 5) is 45.5. The molecule has 3 rings (SSSR count). The standard InChI is InChI=1S/C16H20N4O3S/c1-11(9-12-3-2-8-24-12)14(21)19-4-6-20(7-5-19)15(22)13-10-17-16(23)18-13/h2-3,8,10-11H,4-7,9H2,1H3,(H2,17,18,23)/t11-/m0/s1. The molecule has 0 spiro atoms. The van der Waals surface area contributed by atoms with Crippen LogP contribution in [0.1, 0.15) is 22.3 Å². The molecule has 0 aliphatic carbocycles. The number of H-pyrrole nitrogens is 2. The van der Waals surface area contributed by atoms with Crippen molar-refractivity contribution in [2.75, 3.05) is 26.2 Å². The van der Waals surface area contributed by atoms with E-state index in [2.05, 4.69) is 9.97 Å². The normalized spacial score (nSPS) is 16.2. The smallest absolute Gasteiger partial charge is 0.323 e. The number of rotatable bonds is 4. The van der Waals surface area contributed by atoms with Crippen LogP contribution < -0.4 is 5.69 Å². The van der Waals surface area contributed by atoms with Crippen molar-refractivity contribution in [3.8, 4) is 0 Å². The molecule has 1 aliphatic heterocycles. The first-order chi connectivity index (χ1) is 11.5. The predicted octanol–water partition coefficient (Wildman–Crippen LogP) is 0.928. The maximum atomic E-state index is 12.5. The fraction of sp³-hybridized carbons (Fsp3) is 0.438. The zero-order valence-electron chi connectivity index (χ0n) is 13.4. The maximum absolute atomic E-state index is 12.5. The van der Waals surface area contributed by atoms with Gasteiger partial charge in [0.05, 0.1) is 0 Å². The van der Waals surface area contributed by atoms with Gasteiger partial charge in [0.15, 0.2) is 0 Å². The number of hydrogen-bond acceptors (Lipinski definition) is 4. The Morgan fingerprint density at radius 3 is 2.54 bits per heavy atom. The van der Waals surface area contributed by atoms with Gasteiger partial charge in [-0.05, 0) is 17.9 Å². The Morgan fingerprint density at radius 1 is 1.25 bits per heavy atom. The summed E-state index contributed by atoms with van der Waals surface area (Å²) in [7, 11) is 0. The molecule has 0 radical (unpaired) electrons. The second-order valence-corrected chi connectivity index (χ2v) is 6.99. The first-order valence-corrected chi connectivity index (χ1v) is 8.80. The van der Waals surface area contributed by atoms with E-state index in [0.29, 0.717) is 26.2 Å². The SMILES string of the molecule is C[C@@H](Cc1cccs1)C(=O)N1CCN(C(=O)c2c[nH]c(=O)[nH]2)CC1. The number of carbonyl (C=O) groups excluding carboxylic acids is 2. The zero-order valence-corrected chi connectivity index (χ0v) is 14.3. The molecule has 2 N–H and O–H groups in total. The minimum absolute atomic E-state index is 0.0630. The Balaban J connectivity index is 1.53. The zero-order chi connectivity index (χ0) is 17.1. The molecule has 2 amide bonds. The lowest BCUT2D eigenvalue weighted by Crippen LogP contribution is -2.52. The van der Waals surface area contributed by atoms with Crippen molar-refractivity contribution in [1.29, 1.82) is 0 Å². The number of nitrogens with zero attached hydrogens (tertiary/aromatic N) is 2. The van der Waals surface area contributed by atoms with E-state index >= 15 is 0 Å². The maximum Gasteiger partial charge on any atom is 0.323 e. The number of thiophene rings is 1. The highest BCUT2D eigenvalue weighted by Crippen LogP contribution is 2.17. The summed E-state index contributed by atoms with van der Waals surface area (Å²) in [6.07, 6.45) is 2.13. The van der Waals surface area contributed by atoms with Crippen LogP contribution in [0.2, 0.25) is 0 Å². The Labute approximate surface area is 143 Å². The van der Waals surface area contributed by atoms with Gasteiger partial charge < -0.3 is 19.8 Å². The van der Waals surface area contributed by atoms with Gasteiger partial charge in [-0.15, -0.1) is 11.3 Å². The van der Waals surface area contributed by atoms with Crippen molar-refractivity contribution < 1.29 is 9.59 Å². The third-order valence-corrected chi connectivity index (χ3v) is 5.11. The fourth-order valence-electron chi connectivity index (χ4n) is 2.88. The third-order valence-electron chi connectivity index (χ3n) is 4.21. The lowest BCUT2D eigenvalue weighted by Gasteiger charge is -2.35. The average molecular weight is 348 g/mol. The number of aromatic amines is 2. The van der Waals surface area contributed by atoms with Gasteiger partial charge in [0.25, 0.3) is 5.91 Å². The summed E-state index contributed by atoms with van der Waals surface area (Å²) < 4.78 is 0. The first kappa shape index (κ1) is 16.5. The Bertz CT molecular complexity index is 756. The third kappa shape index (κ3) is 3.59. The van der Waals surface area contributed by atoms with Gasteiger partial charge in [0.1, 0.15) is 5.69 Å². The monoisotopic (exact) mass is 348 g/mol.